The third kappa shape index (κ3) is 2.01. The van der Waals surface area contributed by atoms with Crippen LogP contribution in [0, 0.1) is 0 Å². The zero-order valence-corrected chi connectivity index (χ0v) is 7.67. The standard InChI is InChI=1S/C9H10O2S/c1-2-7-4-3-5-8(6-7)9(10)11-12/h3-6,12H,2H2,1H3. The van der Waals surface area contributed by atoms with E-state index in [0.717, 1.165) is 12.0 Å². The zero-order chi connectivity index (χ0) is 8.97. The van der Waals surface area contributed by atoms with E-state index >= 15 is 0 Å². The monoisotopic (exact) mass is 182 g/mol. The minimum Gasteiger partial charge on any atom is -0.391 e. The minimum absolute atomic E-state index is 0.409. The zero-order valence-electron chi connectivity index (χ0n) is 6.78. The molecule has 0 unspecified atom stereocenters. The Labute approximate surface area is 77.2 Å². The van der Waals surface area contributed by atoms with Gasteiger partial charge in [-0.2, -0.15) is 0 Å². The lowest BCUT2D eigenvalue weighted by Crippen LogP contribution is -1.98. The van der Waals surface area contributed by atoms with Gasteiger partial charge in [0.15, 0.2) is 0 Å². The molecule has 0 saturated carbocycles. The molecule has 3 heteroatoms. The first-order valence-electron chi connectivity index (χ1n) is 3.72. The maximum absolute atomic E-state index is 11.0. The Bertz CT molecular complexity index is 284. The molecule has 12 heavy (non-hydrogen) atoms. The molecule has 0 saturated heterocycles. The summed E-state index contributed by atoms with van der Waals surface area (Å²) < 4.78 is 4.29. The summed E-state index contributed by atoms with van der Waals surface area (Å²) in [5, 5.41) is 0. The number of benzene rings is 1. The van der Waals surface area contributed by atoms with Gasteiger partial charge in [0.2, 0.25) is 0 Å². The molecule has 1 aromatic carbocycles. The lowest BCUT2D eigenvalue weighted by Gasteiger charge is -1.99. The second-order valence-electron chi connectivity index (χ2n) is 2.43. The smallest absolute Gasteiger partial charge is 0.349 e. The Balaban J connectivity index is 2.93. The van der Waals surface area contributed by atoms with Crippen molar-refractivity contribution in [2.45, 2.75) is 13.3 Å². The van der Waals surface area contributed by atoms with Crippen LogP contribution in [0.4, 0.5) is 0 Å². The van der Waals surface area contributed by atoms with Crippen LogP contribution in [0.1, 0.15) is 22.8 Å². The summed E-state index contributed by atoms with van der Waals surface area (Å²) >= 11 is 3.44. The van der Waals surface area contributed by atoms with Crippen LogP contribution in [-0.2, 0) is 10.6 Å². The first-order valence-corrected chi connectivity index (χ1v) is 4.09. The van der Waals surface area contributed by atoms with Crippen LogP contribution < -0.4 is 0 Å². The highest BCUT2D eigenvalue weighted by atomic mass is 32.1. The van der Waals surface area contributed by atoms with Gasteiger partial charge in [0, 0.05) is 12.9 Å². The molecule has 0 bridgehead atoms. The van der Waals surface area contributed by atoms with Gasteiger partial charge in [0.25, 0.3) is 0 Å². The van der Waals surface area contributed by atoms with E-state index in [2.05, 4.69) is 17.1 Å². The van der Waals surface area contributed by atoms with E-state index in [-0.39, 0.29) is 0 Å². The summed E-state index contributed by atoms with van der Waals surface area (Å²) in [6.07, 6.45) is 0.910. The van der Waals surface area contributed by atoms with Crippen molar-refractivity contribution in [3.05, 3.63) is 35.4 Å². The Hall–Kier alpha value is -0.960. The highest BCUT2D eigenvalue weighted by Gasteiger charge is 2.04. The van der Waals surface area contributed by atoms with Crippen LogP contribution >= 0.6 is 12.9 Å². The fourth-order valence-electron chi connectivity index (χ4n) is 0.971. The maximum atomic E-state index is 11.0. The van der Waals surface area contributed by atoms with E-state index in [4.69, 9.17) is 0 Å². The van der Waals surface area contributed by atoms with Crippen molar-refractivity contribution in [2.24, 2.45) is 0 Å². The van der Waals surface area contributed by atoms with Gasteiger partial charge >= 0.3 is 5.97 Å². The molecule has 0 amide bonds. The fraction of sp³-hybridized carbons (Fsp3) is 0.222. The molecule has 0 fully saturated rings. The van der Waals surface area contributed by atoms with Crippen molar-refractivity contribution in [2.75, 3.05) is 0 Å². The summed E-state index contributed by atoms with van der Waals surface area (Å²) in [5.41, 5.74) is 1.66. The van der Waals surface area contributed by atoms with Gasteiger partial charge in [0.1, 0.15) is 0 Å². The molecule has 0 radical (unpaired) electrons. The van der Waals surface area contributed by atoms with Crippen LogP contribution in [0.15, 0.2) is 24.3 Å². The van der Waals surface area contributed by atoms with Crippen molar-refractivity contribution >= 4 is 18.9 Å². The Kier molecular flexibility index (Phi) is 3.17. The van der Waals surface area contributed by atoms with Gasteiger partial charge in [-0.25, -0.2) is 4.79 Å². The average molecular weight is 182 g/mol. The predicted molar refractivity (Wildman–Crippen MR) is 50.2 cm³/mol. The Morgan fingerprint density at radius 3 is 2.92 bits per heavy atom. The number of aryl methyl sites for hydroxylation is 1. The maximum Gasteiger partial charge on any atom is 0.349 e. The van der Waals surface area contributed by atoms with Gasteiger partial charge in [-0.1, -0.05) is 19.1 Å². The lowest BCUT2D eigenvalue weighted by atomic mass is 10.1. The van der Waals surface area contributed by atoms with Crippen LogP contribution in [0.5, 0.6) is 0 Å². The molecule has 0 atom stereocenters. The van der Waals surface area contributed by atoms with E-state index in [1.165, 1.54) is 0 Å². The van der Waals surface area contributed by atoms with Crippen molar-refractivity contribution in [3.63, 3.8) is 0 Å². The van der Waals surface area contributed by atoms with E-state index in [1.54, 1.807) is 12.1 Å². The van der Waals surface area contributed by atoms with Gasteiger partial charge in [0.05, 0.1) is 5.56 Å². The molecule has 0 spiro atoms. The normalized spacial score (nSPS) is 9.50. The largest absolute Gasteiger partial charge is 0.391 e. The second kappa shape index (κ2) is 4.16. The number of hydrogen-bond donors (Lipinski definition) is 1. The van der Waals surface area contributed by atoms with Crippen molar-refractivity contribution in [3.8, 4) is 0 Å². The van der Waals surface area contributed by atoms with Crippen LogP contribution in [0.25, 0.3) is 0 Å². The van der Waals surface area contributed by atoms with Crippen molar-refractivity contribution in [1.29, 1.82) is 0 Å². The quantitative estimate of drug-likeness (QED) is 0.561. The first kappa shape index (κ1) is 9.13. The van der Waals surface area contributed by atoms with E-state index < -0.39 is 5.97 Å². The average Bonchev–Trinajstić information content (AvgIpc) is 2.17. The number of rotatable bonds is 2. The van der Waals surface area contributed by atoms with Gasteiger partial charge in [-0.15, -0.1) is 0 Å². The molecule has 1 rings (SSSR count). The summed E-state index contributed by atoms with van der Waals surface area (Å²) in [5.74, 6) is -0.409. The highest BCUT2D eigenvalue weighted by Crippen LogP contribution is 2.07. The molecular weight excluding hydrogens is 172 g/mol. The number of hydrogen-bond acceptors (Lipinski definition) is 3. The van der Waals surface area contributed by atoms with E-state index in [1.807, 2.05) is 19.1 Å². The van der Waals surface area contributed by atoms with Gasteiger partial charge in [-0.05, 0) is 24.1 Å². The third-order valence-corrected chi connectivity index (χ3v) is 1.82. The highest BCUT2D eigenvalue weighted by molar-refractivity contribution is 7.75. The predicted octanol–water partition coefficient (Wildman–Crippen LogP) is 2.25. The van der Waals surface area contributed by atoms with Crippen LogP contribution in [-0.4, -0.2) is 5.97 Å². The molecule has 64 valence electrons. The molecule has 0 aliphatic heterocycles. The summed E-state index contributed by atoms with van der Waals surface area (Å²) in [7, 11) is 0. The fourth-order valence-corrected chi connectivity index (χ4v) is 1.08. The topological polar surface area (TPSA) is 26.3 Å². The Morgan fingerprint density at radius 1 is 1.58 bits per heavy atom. The van der Waals surface area contributed by atoms with Crippen LogP contribution in [0.3, 0.4) is 0 Å². The SMILES string of the molecule is CCc1cccc(C(=O)OS)c1. The number of thiol groups is 1. The molecule has 1 aromatic rings. The Morgan fingerprint density at radius 2 is 2.33 bits per heavy atom. The minimum atomic E-state index is -0.409. The number of carbonyl (C=O) groups is 1. The molecule has 0 aliphatic rings. The van der Waals surface area contributed by atoms with Crippen molar-refractivity contribution in [1.82, 2.24) is 0 Å². The lowest BCUT2D eigenvalue weighted by molar-refractivity contribution is 0.0772. The molecule has 0 heterocycles. The molecule has 0 N–H and O–H groups in total. The summed E-state index contributed by atoms with van der Waals surface area (Å²) in [6.45, 7) is 2.03. The molecule has 0 aromatic heterocycles. The second-order valence-corrected chi connectivity index (χ2v) is 2.62. The van der Waals surface area contributed by atoms with Gasteiger partial charge in [-0.3, -0.25) is 0 Å². The first-order chi connectivity index (χ1) is 5.77. The molecule has 2 nitrogen and oxygen atoms in total. The molecular formula is C9H10O2S. The summed E-state index contributed by atoms with van der Waals surface area (Å²) in [6, 6.07) is 7.31. The van der Waals surface area contributed by atoms with E-state index in [9.17, 15) is 4.79 Å². The number of carbonyl (C=O) groups excluding carboxylic acids is 1. The third-order valence-electron chi connectivity index (χ3n) is 1.65. The molecule has 0 aliphatic carbocycles. The van der Waals surface area contributed by atoms with Gasteiger partial charge < -0.3 is 4.18 Å². The van der Waals surface area contributed by atoms with E-state index in [0.29, 0.717) is 5.56 Å². The van der Waals surface area contributed by atoms with Crippen LogP contribution in [0.2, 0.25) is 0 Å². The summed E-state index contributed by atoms with van der Waals surface area (Å²) in [4.78, 5) is 11.0. The van der Waals surface area contributed by atoms with Crippen molar-refractivity contribution < 1.29 is 8.98 Å².